The molecule has 2 aliphatic heterocycles. The maximum Gasteiger partial charge on any atom is 0.427 e. The third kappa shape index (κ3) is 8.70. The molecule has 43 heavy (non-hydrogen) atoms. The first-order valence-electron chi connectivity index (χ1n) is 14.9. The van der Waals surface area contributed by atoms with E-state index in [9.17, 15) is 14.4 Å². The Bertz CT molecular complexity index is 1260. The van der Waals surface area contributed by atoms with E-state index in [1.807, 2.05) is 18.2 Å². The summed E-state index contributed by atoms with van der Waals surface area (Å²) in [7, 11) is 1.67. The van der Waals surface area contributed by atoms with Gasteiger partial charge in [0.2, 0.25) is 0 Å². The summed E-state index contributed by atoms with van der Waals surface area (Å²) in [6.45, 7) is 15.3. The number of benzene rings is 2. The smallest absolute Gasteiger partial charge is 0.427 e. The van der Waals surface area contributed by atoms with Gasteiger partial charge in [-0.1, -0.05) is 6.07 Å². The highest BCUT2D eigenvalue weighted by atomic mass is 16.6. The van der Waals surface area contributed by atoms with E-state index in [0.717, 1.165) is 56.0 Å². The van der Waals surface area contributed by atoms with Crippen LogP contribution in [0, 0.1) is 0 Å². The molecule has 0 spiro atoms. The predicted octanol–water partition coefficient (Wildman–Crippen LogP) is 5.83. The van der Waals surface area contributed by atoms with Crippen molar-refractivity contribution in [2.24, 2.45) is 0 Å². The van der Waals surface area contributed by atoms with Crippen molar-refractivity contribution in [2.75, 3.05) is 51.3 Å². The number of hydrogen-bond acceptors (Lipinski definition) is 9. The van der Waals surface area contributed by atoms with Crippen molar-refractivity contribution in [2.45, 2.75) is 71.7 Å². The first-order valence-corrected chi connectivity index (χ1v) is 14.9. The normalized spacial score (nSPS) is 17.6. The average molecular weight is 596 g/mol. The van der Waals surface area contributed by atoms with Crippen LogP contribution in [0.15, 0.2) is 42.5 Å². The number of carbonyl (C=O) groups excluding carboxylic acids is 3. The second kappa shape index (κ2) is 13.3. The molecule has 10 nitrogen and oxygen atoms in total. The molecule has 10 heteroatoms. The standard InChI is InChI=1S/C33H45N3O7/c1-32(2,3)42-30(38)36(31(39)43-33(4,5)6)29(37)24-8-13-27-23(22-24)15-21-41-28(27)14-16-34-17-19-35(20-18-34)25-9-11-26(40-7)12-10-25/h8-13,22,28H,14-21H2,1-7H3/t28-/m0/s1. The number of hydrogen-bond donors (Lipinski definition) is 0. The van der Waals surface area contributed by atoms with Crippen molar-refractivity contribution in [3.05, 3.63) is 59.2 Å². The quantitative estimate of drug-likeness (QED) is 0.408. The lowest BCUT2D eigenvalue weighted by atomic mass is 9.93. The van der Waals surface area contributed by atoms with Crippen LogP contribution in [0.1, 0.15) is 75.6 Å². The number of nitrogens with zero attached hydrogens (tertiary/aromatic N) is 3. The number of fused-ring (bicyclic) bond motifs is 1. The predicted molar refractivity (Wildman–Crippen MR) is 164 cm³/mol. The number of imide groups is 3. The highest BCUT2D eigenvalue weighted by molar-refractivity contribution is 6.13. The molecule has 1 fully saturated rings. The van der Waals surface area contributed by atoms with Gasteiger partial charge in [-0.25, -0.2) is 9.59 Å². The summed E-state index contributed by atoms with van der Waals surface area (Å²) in [5.41, 5.74) is 1.61. The van der Waals surface area contributed by atoms with Crippen LogP contribution in [-0.4, -0.2) is 85.5 Å². The first kappa shape index (κ1) is 32.3. The molecular formula is C33H45N3O7. The third-order valence-electron chi connectivity index (χ3n) is 7.30. The third-order valence-corrected chi connectivity index (χ3v) is 7.30. The van der Waals surface area contributed by atoms with E-state index >= 15 is 0 Å². The Morgan fingerprint density at radius 3 is 2.05 bits per heavy atom. The SMILES string of the molecule is COc1ccc(N2CCN(CC[C@@H]3OCCc4cc(C(=O)N(C(=O)OC(C)(C)C)C(=O)OC(C)(C)C)ccc43)CC2)cc1. The summed E-state index contributed by atoms with van der Waals surface area (Å²) in [6.07, 6.45) is -0.784. The zero-order chi connectivity index (χ0) is 31.4. The van der Waals surface area contributed by atoms with Crippen LogP contribution in [0.5, 0.6) is 5.75 Å². The lowest BCUT2D eigenvalue weighted by molar-refractivity contribution is 0.00388. The van der Waals surface area contributed by atoms with Crippen LogP contribution >= 0.6 is 0 Å². The van der Waals surface area contributed by atoms with Crippen molar-refractivity contribution in [3.8, 4) is 5.75 Å². The molecule has 1 atom stereocenters. The molecule has 4 rings (SSSR count). The van der Waals surface area contributed by atoms with E-state index < -0.39 is 29.3 Å². The molecule has 0 saturated carbocycles. The number of amides is 3. The number of methoxy groups -OCH3 is 1. The molecule has 0 unspecified atom stereocenters. The van der Waals surface area contributed by atoms with Crippen molar-refractivity contribution in [1.82, 2.24) is 9.80 Å². The van der Waals surface area contributed by atoms with E-state index in [2.05, 4.69) is 21.9 Å². The van der Waals surface area contributed by atoms with Crippen LogP contribution in [0.4, 0.5) is 15.3 Å². The number of rotatable bonds is 6. The van der Waals surface area contributed by atoms with Gasteiger partial charge in [-0.15, -0.1) is 4.90 Å². The molecule has 2 heterocycles. The van der Waals surface area contributed by atoms with Gasteiger partial charge < -0.3 is 23.8 Å². The fraction of sp³-hybridized carbons (Fsp3) is 0.545. The summed E-state index contributed by atoms with van der Waals surface area (Å²) < 4.78 is 22.2. The number of ether oxygens (including phenoxy) is 4. The molecule has 2 aromatic rings. The van der Waals surface area contributed by atoms with Gasteiger partial charge in [-0.3, -0.25) is 9.69 Å². The summed E-state index contributed by atoms with van der Waals surface area (Å²) in [4.78, 5) is 44.7. The van der Waals surface area contributed by atoms with Crippen molar-refractivity contribution in [3.63, 3.8) is 0 Å². The van der Waals surface area contributed by atoms with Crippen LogP contribution < -0.4 is 9.64 Å². The molecule has 2 aliphatic rings. The molecule has 0 bridgehead atoms. The fourth-order valence-corrected chi connectivity index (χ4v) is 5.22. The maximum atomic E-state index is 13.5. The lowest BCUT2D eigenvalue weighted by Gasteiger charge is -2.37. The van der Waals surface area contributed by atoms with Gasteiger partial charge in [0.1, 0.15) is 17.0 Å². The van der Waals surface area contributed by atoms with Crippen LogP contribution in [0.25, 0.3) is 0 Å². The summed E-state index contributed by atoms with van der Waals surface area (Å²) in [6, 6.07) is 13.4. The average Bonchev–Trinajstić information content (AvgIpc) is 2.94. The van der Waals surface area contributed by atoms with Crippen LogP contribution in [-0.2, 0) is 20.6 Å². The van der Waals surface area contributed by atoms with Crippen molar-refractivity contribution < 1.29 is 33.3 Å². The molecule has 0 radical (unpaired) electrons. The second-order valence-electron chi connectivity index (χ2n) is 12.9. The Kier molecular flexibility index (Phi) is 10.0. The minimum absolute atomic E-state index is 0.0969. The van der Waals surface area contributed by atoms with Crippen LogP contribution in [0.3, 0.4) is 0 Å². The maximum absolute atomic E-state index is 13.5. The van der Waals surface area contributed by atoms with Crippen LogP contribution in [0.2, 0.25) is 0 Å². The number of piperazine rings is 1. The van der Waals surface area contributed by atoms with E-state index in [1.54, 1.807) is 60.8 Å². The minimum atomic E-state index is -1.07. The largest absolute Gasteiger partial charge is 0.497 e. The van der Waals surface area contributed by atoms with Crippen molar-refractivity contribution >= 4 is 23.8 Å². The Balaban J connectivity index is 1.40. The van der Waals surface area contributed by atoms with Gasteiger partial charge in [0.15, 0.2) is 0 Å². The zero-order valence-corrected chi connectivity index (χ0v) is 26.5. The van der Waals surface area contributed by atoms with E-state index in [4.69, 9.17) is 18.9 Å². The zero-order valence-electron chi connectivity index (χ0n) is 26.5. The molecule has 3 amide bonds. The minimum Gasteiger partial charge on any atom is -0.497 e. The Labute approximate surface area is 254 Å². The monoisotopic (exact) mass is 595 g/mol. The van der Waals surface area contributed by atoms with Gasteiger partial charge in [0, 0.05) is 44.0 Å². The molecule has 0 aromatic heterocycles. The highest BCUT2D eigenvalue weighted by Crippen LogP contribution is 2.31. The molecule has 0 aliphatic carbocycles. The highest BCUT2D eigenvalue weighted by Gasteiger charge is 2.37. The van der Waals surface area contributed by atoms with Gasteiger partial charge in [0.25, 0.3) is 5.91 Å². The number of carbonyl (C=O) groups is 3. The molecule has 1 saturated heterocycles. The molecule has 234 valence electrons. The topological polar surface area (TPSA) is 97.9 Å². The van der Waals surface area contributed by atoms with Gasteiger partial charge in [-0.2, -0.15) is 0 Å². The fourth-order valence-electron chi connectivity index (χ4n) is 5.22. The summed E-state index contributed by atoms with van der Waals surface area (Å²) in [5, 5.41) is 0. The van der Waals surface area contributed by atoms with Gasteiger partial charge >= 0.3 is 12.2 Å². The first-order chi connectivity index (χ1) is 20.2. The Morgan fingerprint density at radius 2 is 1.49 bits per heavy atom. The lowest BCUT2D eigenvalue weighted by Crippen LogP contribution is -2.47. The summed E-state index contributed by atoms with van der Waals surface area (Å²) >= 11 is 0. The number of anilines is 1. The van der Waals surface area contributed by atoms with Gasteiger partial charge in [-0.05, 0) is 102 Å². The van der Waals surface area contributed by atoms with Gasteiger partial charge in [0.05, 0.1) is 19.8 Å². The van der Waals surface area contributed by atoms with E-state index in [-0.39, 0.29) is 11.7 Å². The van der Waals surface area contributed by atoms with E-state index in [1.165, 1.54) is 5.69 Å². The molecule has 0 N–H and O–H groups in total. The van der Waals surface area contributed by atoms with E-state index in [0.29, 0.717) is 17.9 Å². The Morgan fingerprint density at radius 1 is 0.884 bits per heavy atom. The molecule has 2 aromatic carbocycles. The second-order valence-corrected chi connectivity index (χ2v) is 12.9. The Hall–Kier alpha value is -3.63. The van der Waals surface area contributed by atoms with Crippen molar-refractivity contribution in [1.29, 1.82) is 0 Å². The molecular weight excluding hydrogens is 550 g/mol. The summed E-state index contributed by atoms with van der Waals surface area (Å²) in [5.74, 6) is 0.0686.